The smallest absolute Gasteiger partial charge is 0.291 e. The summed E-state index contributed by atoms with van der Waals surface area (Å²) in [6, 6.07) is 10.6. The molecule has 15 heteroatoms. The third kappa shape index (κ3) is 4.70. The number of nitrogens with zero attached hydrogens (tertiary/aromatic N) is 5. The van der Waals surface area contributed by atoms with Crippen molar-refractivity contribution < 1.29 is 29.1 Å². The second-order valence-corrected chi connectivity index (χ2v) is 8.35. The lowest BCUT2D eigenvalue weighted by atomic mass is 10.1. The molecule has 0 radical (unpaired) electrons. The molecule has 37 heavy (non-hydrogen) atoms. The van der Waals surface area contributed by atoms with Crippen molar-refractivity contribution in [3.8, 4) is 11.3 Å². The predicted molar refractivity (Wildman–Crippen MR) is 128 cm³/mol. The summed E-state index contributed by atoms with van der Waals surface area (Å²) in [5.74, 6) is -0.722. The number of rotatable bonds is 7. The highest BCUT2D eigenvalue weighted by Crippen LogP contribution is 2.33. The maximum absolute atomic E-state index is 12.6. The first-order chi connectivity index (χ1) is 17.9. The lowest BCUT2D eigenvalue weighted by Gasteiger charge is -2.16. The van der Waals surface area contributed by atoms with E-state index in [1.807, 2.05) is 30.3 Å². The summed E-state index contributed by atoms with van der Waals surface area (Å²) < 4.78 is 12.2. The van der Waals surface area contributed by atoms with Crippen LogP contribution in [0.1, 0.15) is 23.6 Å². The number of carbonyl (C=O) groups is 2. The molecule has 5 N–H and O–H groups in total. The molecule has 1 saturated heterocycles. The van der Waals surface area contributed by atoms with Crippen molar-refractivity contribution in [3.63, 3.8) is 0 Å². The zero-order valence-corrected chi connectivity index (χ0v) is 20.0. The quantitative estimate of drug-likeness (QED) is 0.167. The molecular formula is C22H21ClN8O6. The molecule has 0 unspecified atom stereocenters. The van der Waals surface area contributed by atoms with Crippen LogP contribution in [-0.4, -0.2) is 71.6 Å². The van der Waals surface area contributed by atoms with Crippen molar-refractivity contribution in [2.75, 3.05) is 12.0 Å². The van der Waals surface area contributed by atoms with Gasteiger partial charge in [0.15, 0.2) is 40.8 Å². The number of halogens is 1. The predicted octanol–water partition coefficient (Wildman–Crippen LogP) is 0.647. The van der Waals surface area contributed by atoms with Gasteiger partial charge >= 0.3 is 0 Å². The van der Waals surface area contributed by atoms with Crippen molar-refractivity contribution in [1.82, 2.24) is 35.4 Å². The highest BCUT2D eigenvalue weighted by Gasteiger charge is 2.47. The topological polar surface area (TPSA) is 190 Å². The zero-order valence-electron chi connectivity index (χ0n) is 19.2. The molecule has 192 valence electrons. The van der Waals surface area contributed by atoms with Gasteiger partial charge in [0.2, 0.25) is 5.28 Å². The molecular weight excluding hydrogens is 508 g/mol. The number of amides is 2. The van der Waals surface area contributed by atoms with E-state index >= 15 is 0 Å². The molecule has 4 atom stereocenters. The number of hydrazine groups is 1. The van der Waals surface area contributed by atoms with E-state index in [0.29, 0.717) is 12.3 Å². The standard InChI is InChI=1S/C22H21ClN8O6/c1-2-24-20(35)16-14(32)15(33)21(36-16)31-9-25-13-17(26-22(23)27-18(13)31)28-29-19(34)11-8-12(37-30-11)10-6-4-3-5-7-10/h3-9,14-16,21,32-33H,2H2,1H3,(H,24,35)(H,29,34)(H,26,27,28)/t14-,15+,16-,21+/m1/s1. The van der Waals surface area contributed by atoms with Crippen LogP contribution in [0.25, 0.3) is 22.5 Å². The number of fused-ring (bicyclic) bond motifs is 1. The van der Waals surface area contributed by atoms with Gasteiger partial charge < -0.3 is 24.8 Å². The largest absolute Gasteiger partial charge is 0.387 e. The third-order valence-electron chi connectivity index (χ3n) is 5.61. The SMILES string of the molecule is CCNC(=O)[C@@H]1O[C@H](n2cnc3c(NNC(=O)c4cc(-c5ccccc5)on4)nc(Cl)nc32)[C@@H](O)[C@H]1O. The molecule has 3 aromatic heterocycles. The van der Waals surface area contributed by atoms with Gasteiger partial charge in [-0.25, -0.2) is 4.98 Å². The van der Waals surface area contributed by atoms with Crippen LogP contribution in [0.2, 0.25) is 5.28 Å². The fourth-order valence-corrected chi connectivity index (χ4v) is 4.01. The zero-order chi connectivity index (χ0) is 26.1. The number of anilines is 1. The van der Waals surface area contributed by atoms with E-state index in [4.69, 9.17) is 20.9 Å². The Bertz CT molecular complexity index is 1440. The Balaban J connectivity index is 1.35. The second-order valence-electron chi connectivity index (χ2n) is 8.01. The van der Waals surface area contributed by atoms with Crippen LogP contribution in [-0.2, 0) is 9.53 Å². The van der Waals surface area contributed by atoms with E-state index in [9.17, 15) is 19.8 Å². The molecule has 1 aromatic carbocycles. The minimum absolute atomic E-state index is 0.0149. The van der Waals surface area contributed by atoms with Crippen LogP contribution >= 0.6 is 11.6 Å². The van der Waals surface area contributed by atoms with Crippen molar-refractivity contribution in [2.24, 2.45) is 0 Å². The first-order valence-corrected chi connectivity index (χ1v) is 11.5. The number of ether oxygens (including phenoxy) is 1. The van der Waals surface area contributed by atoms with Gasteiger partial charge in [0, 0.05) is 18.2 Å². The van der Waals surface area contributed by atoms with Crippen LogP contribution < -0.4 is 16.2 Å². The number of benzene rings is 1. The van der Waals surface area contributed by atoms with Gasteiger partial charge in [-0.3, -0.25) is 25.0 Å². The van der Waals surface area contributed by atoms with E-state index in [0.717, 1.165) is 5.56 Å². The second kappa shape index (κ2) is 10.1. The molecule has 0 bridgehead atoms. The molecule has 4 heterocycles. The van der Waals surface area contributed by atoms with Crippen molar-refractivity contribution in [1.29, 1.82) is 0 Å². The molecule has 14 nitrogen and oxygen atoms in total. The molecule has 1 aliphatic heterocycles. The number of hydrogen-bond acceptors (Lipinski definition) is 11. The maximum atomic E-state index is 12.6. The van der Waals surface area contributed by atoms with Crippen LogP contribution in [0.5, 0.6) is 0 Å². The average Bonchev–Trinajstić information content (AvgIpc) is 3.62. The summed E-state index contributed by atoms with van der Waals surface area (Å²) in [6.07, 6.45) is -4.14. The highest BCUT2D eigenvalue weighted by atomic mass is 35.5. The number of aliphatic hydroxyl groups excluding tert-OH is 2. The Morgan fingerprint density at radius 1 is 1.16 bits per heavy atom. The van der Waals surface area contributed by atoms with E-state index in [1.54, 1.807) is 6.92 Å². The van der Waals surface area contributed by atoms with E-state index in [1.165, 1.54) is 17.0 Å². The van der Waals surface area contributed by atoms with Crippen LogP contribution in [0.3, 0.4) is 0 Å². The first kappa shape index (κ1) is 24.6. The Labute approximate surface area is 213 Å². The Morgan fingerprint density at radius 3 is 2.70 bits per heavy atom. The van der Waals surface area contributed by atoms with Crippen molar-refractivity contribution in [3.05, 3.63) is 53.7 Å². The molecule has 1 aliphatic rings. The highest BCUT2D eigenvalue weighted by molar-refractivity contribution is 6.28. The normalized spacial score (nSPS) is 21.2. The van der Waals surface area contributed by atoms with Crippen LogP contribution in [0.4, 0.5) is 5.82 Å². The van der Waals surface area contributed by atoms with Gasteiger partial charge in [-0.2, -0.15) is 9.97 Å². The summed E-state index contributed by atoms with van der Waals surface area (Å²) in [5.41, 5.74) is 6.14. The van der Waals surface area contributed by atoms with E-state index < -0.39 is 36.4 Å². The molecule has 2 amide bonds. The number of likely N-dealkylation sites (N-methyl/N-ethyl adjacent to an activating group) is 1. The van der Waals surface area contributed by atoms with Gasteiger partial charge in [0.1, 0.15) is 12.2 Å². The van der Waals surface area contributed by atoms with Crippen molar-refractivity contribution in [2.45, 2.75) is 31.5 Å². The molecule has 5 rings (SSSR count). The number of aliphatic hydroxyl groups is 2. The Kier molecular flexibility index (Phi) is 6.71. The number of hydrogen-bond donors (Lipinski definition) is 5. The van der Waals surface area contributed by atoms with Gasteiger partial charge in [-0.15, -0.1) is 0 Å². The Morgan fingerprint density at radius 2 is 1.95 bits per heavy atom. The molecule has 0 spiro atoms. The summed E-state index contributed by atoms with van der Waals surface area (Å²) in [5, 5.41) is 27.0. The minimum atomic E-state index is -1.48. The summed E-state index contributed by atoms with van der Waals surface area (Å²) >= 11 is 6.09. The maximum Gasteiger partial charge on any atom is 0.291 e. The molecule has 4 aromatic rings. The third-order valence-corrected chi connectivity index (χ3v) is 5.78. The molecule has 0 saturated carbocycles. The lowest BCUT2D eigenvalue weighted by molar-refractivity contribution is -0.137. The first-order valence-electron chi connectivity index (χ1n) is 11.1. The number of imidazole rings is 1. The van der Waals surface area contributed by atoms with Crippen LogP contribution in [0.15, 0.2) is 47.2 Å². The lowest BCUT2D eigenvalue weighted by Crippen LogP contribution is -2.42. The number of nitrogens with one attached hydrogen (secondary N) is 3. The summed E-state index contributed by atoms with van der Waals surface area (Å²) in [6.45, 7) is 2.04. The summed E-state index contributed by atoms with van der Waals surface area (Å²) in [4.78, 5) is 37.2. The molecule has 0 aliphatic carbocycles. The summed E-state index contributed by atoms with van der Waals surface area (Å²) in [7, 11) is 0. The van der Waals surface area contributed by atoms with E-state index in [2.05, 4.69) is 36.3 Å². The average molecular weight is 529 g/mol. The number of carbonyl (C=O) groups excluding carboxylic acids is 2. The number of aromatic nitrogens is 5. The minimum Gasteiger partial charge on any atom is -0.387 e. The van der Waals surface area contributed by atoms with Gasteiger partial charge in [0.25, 0.3) is 11.8 Å². The fourth-order valence-electron chi connectivity index (χ4n) is 3.84. The van der Waals surface area contributed by atoms with Gasteiger partial charge in [-0.1, -0.05) is 35.5 Å². The fraction of sp³-hybridized carbons (Fsp3) is 0.273. The van der Waals surface area contributed by atoms with Crippen molar-refractivity contribution >= 4 is 40.4 Å². The monoisotopic (exact) mass is 528 g/mol. The van der Waals surface area contributed by atoms with Crippen LogP contribution in [0, 0.1) is 0 Å². The van der Waals surface area contributed by atoms with Gasteiger partial charge in [0.05, 0.1) is 6.33 Å². The van der Waals surface area contributed by atoms with Gasteiger partial charge in [-0.05, 0) is 18.5 Å². The molecule has 1 fully saturated rings. The van der Waals surface area contributed by atoms with E-state index in [-0.39, 0.29) is 28.0 Å². The Hall–Kier alpha value is -4.11.